The SMILES string of the molecule is [2H]C([2H])([2H])C([2H])([2H])n1ccnc1Br. The van der Waals surface area contributed by atoms with Crippen LogP contribution in [0.3, 0.4) is 0 Å². The average molecular weight is 180 g/mol. The molecule has 0 aliphatic carbocycles. The number of aryl methyl sites for hydroxylation is 1. The largest absolute Gasteiger partial charge is 0.326 e. The van der Waals surface area contributed by atoms with Crippen molar-refractivity contribution in [2.45, 2.75) is 13.3 Å². The van der Waals surface area contributed by atoms with Gasteiger partial charge in [-0.3, -0.25) is 0 Å². The minimum absolute atomic E-state index is 0.161. The number of hydrogen-bond acceptors (Lipinski definition) is 1. The van der Waals surface area contributed by atoms with E-state index in [0.29, 0.717) is 0 Å². The summed E-state index contributed by atoms with van der Waals surface area (Å²) in [6.07, 6.45) is 2.60. The average Bonchev–Trinajstić information content (AvgIpc) is 2.32. The summed E-state index contributed by atoms with van der Waals surface area (Å²) in [5.41, 5.74) is 0. The molecule has 1 heterocycles. The van der Waals surface area contributed by atoms with E-state index >= 15 is 0 Å². The molecule has 1 aromatic heterocycles. The molecule has 3 heteroatoms. The van der Waals surface area contributed by atoms with E-state index in [1.54, 1.807) is 0 Å². The Labute approximate surface area is 63.7 Å². The molecule has 0 saturated carbocycles. The number of aromatic nitrogens is 2. The molecule has 0 amide bonds. The highest BCUT2D eigenvalue weighted by Gasteiger charge is 1.90. The molecule has 1 aromatic rings. The van der Waals surface area contributed by atoms with Crippen molar-refractivity contribution in [1.29, 1.82) is 0 Å². The second-order valence-electron chi connectivity index (χ2n) is 1.18. The molecule has 0 aromatic carbocycles. The van der Waals surface area contributed by atoms with Crippen molar-refractivity contribution >= 4 is 15.9 Å². The summed E-state index contributed by atoms with van der Waals surface area (Å²) in [5.74, 6) is 0. The summed E-state index contributed by atoms with van der Waals surface area (Å²) in [6, 6.07) is 0. The third-order valence-electron chi connectivity index (χ3n) is 0.716. The van der Waals surface area contributed by atoms with Crippen molar-refractivity contribution in [2.75, 3.05) is 0 Å². The first-order valence-electron chi connectivity index (χ1n) is 4.46. The molecule has 1 rings (SSSR count). The minimum Gasteiger partial charge on any atom is -0.326 e. The van der Waals surface area contributed by atoms with E-state index in [9.17, 15) is 0 Å². The molecule has 0 atom stereocenters. The molecule has 0 aliphatic heterocycles. The Hall–Kier alpha value is -0.310. The van der Waals surface area contributed by atoms with Gasteiger partial charge in [0.1, 0.15) is 0 Å². The van der Waals surface area contributed by atoms with Gasteiger partial charge in [-0.1, -0.05) is 0 Å². The topological polar surface area (TPSA) is 17.8 Å². The molecule has 0 aliphatic rings. The lowest BCUT2D eigenvalue weighted by Gasteiger charge is -1.93. The van der Waals surface area contributed by atoms with Gasteiger partial charge in [0.2, 0.25) is 0 Å². The Morgan fingerprint density at radius 3 is 3.62 bits per heavy atom. The van der Waals surface area contributed by atoms with Crippen LogP contribution in [0.4, 0.5) is 0 Å². The quantitative estimate of drug-likeness (QED) is 0.642. The lowest BCUT2D eigenvalue weighted by atomic mass is 10.7. The van der Waals surface area contributed by atoms with Gasteiger partial charge in [0.05, 0.1) is 0 Å². The van der Waals surface area contributed by atoms with E-state index in [1.807, 2.05) is 0 Å². The van der Waals surface area contributed by atoms with Crippen LogP contribution >= 0.6 is 15.9 Å². The molecule has 0 fully saturated rings. The summed E-state index contributed by atoms with van der Waals surface area (Å²) in [6.45, 7) is -5.15. The summed E-state index contributed by atoms with van der Waals surface area (Å²) < 4.78 is 36.8. The van der Waals surface area contributed by atoms with Crippen molar-refractivity contribution in [1.82, 2.24) is 9.55 Å². The van der Waals surface area contributed by atoms with Gasteiger partial charge in [0, 0.05) is 25.7 Å². The van der Waals surface area contributed by atoms with Gasteiger partial charge >= 0.3 is 0 Å². The highest BCUT2D eigenvalue weighted by Crippen LogP contribution is 2.04. The number of nitrogens with zero attached hydrogens (tertiary/aromatic N) is 2. The van der Waals surface area contributed by atoms with E-state index < -0.39 is 13.3 Å². The van der Waals surface area contributed by atoms with E-state index in [1.165, 1.54) is 12.4 Å². The van der Waals surface area contributed by atoms with Gasteiger partial charge in [-0.05, 0) is 22.8 Å². The van der Waals surface area contributed by atoms with Gasteiger partial charge in [-0.15, -0.1) is 0 Å². The highest BCUT2D eigenvalue weighted by atomic mass is 79.9. The zero-order valence-electron chi connectivity index (χ0n) is 8.93. The number of rotatable bonds is 1. The minimum atomic E-state index is -2.71. The molecule has 0 bridgehead atoms. The van der Waals surface area contributed by atoms with E-state index in [0.717, 1.165) is 4.57 Å². The van der Waals surface area contributed by atoms with Crippen LogP contribution in [0.15, 0.2) is 17.1 Å². The van der Waals surface area contributed by atoms with Gasteiger partial charge in [-0.2, -0.15) is 0 Å². The molecule has 8 heavy (non-hydrogen) atoms. The standard InChI is InChI=1S/C5H7BrN2/c1-2-8-4-3-7-5(8)6/h3-4H,2H2,1H3/i1D3,2D2. The number of halogens is 1. The summed E-state index contributed by atoms with van der Waals surface area (Å²) in [5, 5.41) is 0. The van der Waals surface area contributed by atoms with Gasteiger partial charge in [0.25, 0.3) is 0 Å². The fraction of sp³-hybridized carbons (Fsp3) is 0.400. The molecule has 0 N–H and O–H groups in total. The Kier molecular flexibility index (Phi) is 0.616. The smallest absolute Gasteiger partial charge is 0.177 e. The molecule has 0 spiro atoms. The molecule has 0 saturated heterocycles. The molecule has 0 radical (unpaired) electrons. The van der Waals surface area contributed by atoms with Crippen molar-refractivity contribution < 1.29 is 6.85 Å². The lowest BCUT2D eigenvalue weighted by molar-refractivity contribution is 0.741. The Morgan fingerprint density at radius 2 is 3.12 bits per heavy atom. The van der Waals surface area contributed by atoms with Gasteiger partial charge in [0.15, 0.2) is 4.73 Å². The van der Waals surface area contributed by atoms with Crippen LogP contribution in [0.5, 0.6) is 0 Å². The van der Waals surface area contributed by atoms with Gasteiger partial charge in [-0.25, -0.2) is 4.98 Å². The molecule has 2 nitrogen and oxygen atoms in total. The van der Waals surface area contributed by atoms with Crippen molar-refractivity contribution in [3.8, 4) is 0 Å². The third kappa shape index (κ3) is 0.916. The second-order valence-corrected chi connectivity index (χ2v) is 1.89. The highest BCUT2D eigenvalue weighted by molar-refractivity contribution is 9.10. The van der Waals surface area contributed by atoms with Gasteiger partial charge < -0.3 is 4.57 Å². The van der Waals surface area contributed by atoms with Crippen molar-refractivity contribution in [3.63, 3.8) is 0 Å². The van der Waals surface area contributed by atoms with Crippen LogP contribution in [0, 0.1) is 0 Å². The van der Waals surface area contributed by atoms with Crippen LogP contribution in [-0.2, 0) is 6.50 Å². The van der Waals surface area contributed by atoms with E-state index in [-0.39, 0.29) is 4.73 Å². The predicted octanol–water partition coefficient (Wildman–Crippen LogP) is 1.67. The summed E-state index contributed by atoms with van der Waals surface area (Å²) in [4.78, 5) is 3.69. The number of imidazole rings is 1. The fourth-order valence-electron chi connectivity index (χ4n) is 0.369. The first kappa shape index (κ1) is 2.14. The van der Waals surface area contributed by atoms with Crippen molar-refractivity contribution in [2.24, 2.45) is 0 Å². The van der Waals surface area contributed by atoms with Crippen LogP contribution in [0.1, 0.15) is 13.7 Å². The summed E-state index contributed by atoms with van der Waals surface area (Å²) >= 11 is 2.96. The van der Waals surface area contributed by atoms with Crippen molar-refractivity contribution in [3.05, 3.63) is 17.1 Å². The molecular weight excluding hydrogens is 168 g/mol. The maximum absolute atomic E-state index is 7.37. The van der Waals surface area contributed by atoms with Crippen LogP contribution in [0.2, 0.25) is 0 Å². The molecule has 0 unspecified atom stereocenters. The van der Waals surface area contributed by atoms with Crippen LogP contribution in [0.25, 0.3) is 0 Å². The first-order valence-corrected chi connectivity index (χ1v) is 2.75. The molecular formula is C5H7BrN2. The van der Waals surface area contributed by atoms with E-state index in [4.69, 9.17) is 6.85 Å². The van der Waals surface area contributed by atoms with Crippen LogP contribution < -0.4 is 0 Å². The van der Waals surface area contributed by atoms with Crippen LogP contribution in [-0.4, -0.2) is 9.55 Å². The Balaban J connectivity index is 3.15. The zero-order valence-corrected chi connectivity index (χ0v) is 5.51. The Bertz CT molecular complexity index is 304. The fourth-order valence-corrected chi connectivity index (χ4v) is 0.694. The normalized spacial score (nSPS) is 22.4. The summed E-state index contributed by atoms with van der Waals surface area (Å²) in [7, 11) is 0. The maximum atomic E-state index is 7.37. The second kappa shape index (κ2) is 2.31. The third-order valence-corrected chi connectivity index (χ3v) is 1.30. The first-order chi connectivity index (χ1) is 5.77. The van der Waals surface area contributed by atoms with E-state index in [2.05, 4.69) is 20.9 Å². The zero-order chi connectivity index (χ0) is 10.3. The lowest BCUT2D eigenvalue weighted by Crippen LogP contribution is -1.90. The Morgan fingerprint density at radius 1 is 2.25 bits per heavy atom. The molecule has 44 valence electrons. The monoisotopic (exact) mass is 179 g/mol. The maximum Gasteiger partial charge on any atom is 0.177 e. The number of hydrogen-bond donors (Lipinski definition) is 0. The predicted molar refractivity (Wildman–Crippen MR) is 35.6 cm³/mol.